The van der Waals surface area contributed by atoms with Crippen LogP contribution in [0.25, 0.3) is 10.9 Å². The topological polar surface area (TPSA) is 48.2 Å². The third kappa shape index (κ3) is 3.40. The van der Waals surface area contributed by atoms with Gasteiger partial charge in [-0.05, 0) is 42.5 Å². The van der Waals surface area contributed by atoms with Crippen LogP contribution in [0.2, 0.25) is 0 Å². The molecule has 1 aliphatic heterocycles. The Balaban J connectivity index is 1.37. The summed E-state index contributed by atoms with van der Waals surface area (Å²) in [5, 5.41) is 4.33. The fraction of sp³-hybridized carbons (Fsp3) is 0.381. The van der Waals surface area contributed by atoms with Gasteiger partial charge in [0.05, 0.1) is 12.0 Å². The van der Waals surface area contributed by atoms with Crippen LogP contribution in [-0.4, -0.2) is 34.8 Å². The summed E-state index contributed by atoms with van der Waals surface area (Å²) in [6, 6.07) is 14.5. The Morgan fingerprint density at radius 2 is 1.81 bits per heavy atom. The van der Waals surface area contributed by atoms with Crippen molar-refractivity contribution >= 4 is 16.8 Å². The number of hydrogen-bond acceptors (Lipinski definition) is 2. The molecule has 1 amide bonds. The highest BCUT2D eigenvalue weighted by Crippen LogP contribution is 2.32. The summed E-state index contributed by atoms with van der Waals surface area (Å²) in [4.78, 5) is 12.6. The Morgan fingerprint density at radius 1 is 1.04 bits per heavy atom. The van der Waals surface area contributed by atoms with E-state index in [9.17, 15) is 4.79 Å². The van der Waals surface area contributed by atoms with E-state index in [0.717, 1.165) is 19.4 Å². The largest absolute Gasteiger partial charge is 0.381 e. The van der Waals surface area contributed by atoms with E-state index in [-0.39, 0.29) is 11.4 Å². The molecule has 0 radical (unpaired) electrons. The van der Waals surface area contributed by atoms with Gasteiger partial charge in [-0.15, -0.1) is 0 Å². The second kappa shape index (κ2) is 7.38. The summed E-state index contributed by atoms with van der Waals surface area (Å²) in [6.45, 7) is 2.83. The van der Waals surface area contributed by atoms with Gasteiger partial charge in [-0.1, -0.05) is 18.2 Å². The predicted octanol–water partition coefficient (Wildman–Crippen LogP) is 3.16. The highest BCUT2D eigenvalue weighted by Gasteiger charge is 2.35. The monoisotopic (exact) mass is 351 g/mol. The average molecular weight is 351 g/mol. The number of carbonyl (C=O) groups excluding carboxylic acids is 1. The van der Waals surface area contributed by atoms with Crippen LogP contribution in [0.3, 0.4) is 0 Å². The fourth-order valence-electron chi connectivity index (χ4n) is 3.94. The molecule has 0 spiro atoms. The number of aromatic nitrogens is 2. The highest BCUT2D eigenvalue weighted by molar-refractivity contribution is 5.80. The molecule has 1 N–H and O–H groups in total. The van der Waals surface area contributed by atoms with Crippen LogP contribution < -0.4 is 5.32 Å². The lowest BCUT2D eigenvalue weighted by atomic mass is 9.86. The summed E-state index contributed by atoms with van der Waals surface area (Å²) >= 11 is 0. The summed E-state index contributed by atoms with van der Waals surface area (Å²) in [7, 11) is 0. The maximum absolute atomic E-state index is 12.6. The quantitative estimate of drug-likeness (QED) is 0.742. The Bertz CT molecular complexity index is 860. The van der Waals surface area contributed by atoms with Crippen LogP contribution in [0, 0.1) is 0 Å². The van der Waals surface area contributed by atoms with Crippen molar-refractivity contribution in [1.82, 2.24) is 14.5 Å². The minimum absolute atomic E-state index is 0.108. The normalized spacial score (nSPS) is 16.6. The van der Waals surface area contributed by atoms with Crippen molar-refractivity contribution in [3.05, 3.63) is 61.1 Å². The van der Waals surface area contributed by atoms with Crippen LogP contribution >= 0.6 is 0 Å². The van der Waals surface area contributed by atoms with Crippen LogP contribution in [0.4, 0.5) is 0 Å². The van der Waals surface area contributed by atoms with Crippen molar-refractivity contribution in [3.63, 3.8) is 0 Å². The zero-order valence-corrected chi connectivity index (χ0v) is 14.9. The minimum Gasteiger partial charge on any atom is -0.381 e. The smallest absolute Gasteiger partial charge is 0.222 e. The lowest BCUT2D eigenvalue weighted by molar-refractivity contribution is -0.124. The first-order chi connectivity index (χ1) is 12.8. The molecule has 0 saturated carbocycles. The van der Waals surface area contributed by atoms with E-state index < -0.39 is 0 Å². The molecule has 0 unspecified atom stereocenters. The lowest BCUT2D eigenvalue weighted by Gasteiger charge is -2.38. The SMILES string of the molecule is O=C(CC1(n2cccc2)CCOCC1)NCCn1ccc2ccccc21. The van der Waals surface area contributed by atoms with E-state index >= 15 is 0 Å². The minimum atomic E-state index is -0.161. The van der Waals surface area contributed by atoms with Gasteiger partial charge in [-0.3, -0.25) is 4.79 Å². The van der Waals surface area contributed by atoms with E-state index in [0.29, 0.717) is 26.2 Å². The molecular formula is C21H25N3O2. The van der Waals surface area contributed by atoms with Crippen LogP contribution in [0.5, 0.6) is 0 Å². The first-order valence-electron chi connectivity index (χ1n) is 9.29. The molecule has 1 aliphatic rings. The first-order valence-corrected chi connectivity index (χ1v) is 9.29. The zero-order chi connectivity index (χ0) is 17.8. The number of hydrogen-bond donors (Lipinski definition) is 1. The number of benzene rings is 1. The molecule has 0 aliphatic carbocycles. The summed E-state index contributed by atoms with van der Waals surface area (Å²) in [6.07, 6.45) is 8.44. The van der Waals surface area contributed by atoms with E-state index in [1.807, 2.05) is 24.3 Å². The Labute approximate surface area is 153 Å². The predicted molar refractivity (Wildman–Crippen MR) is 102 cm³/mol. The number of para-hydroxylation sites is 1. The van der Waals surface area contributed by atoms with Gasteiger partial charge in [-0.2, -0.15) is 0 Å². The third-order valence-electron chi connectivity index (χ3n) is 5.42. The Morgan fingerprint density at radius 3 is 2.62 bits per heavy atom. The molecule has 1 aromatic carbocycles. The number of nitrogens with zero attached hydrogens (tertiary/aromatic N) is 2. The van der Waals surface area contributed by atoms with Gasteiger partial charge in [-0.25, -0.2) is 0 Å². The second-order valence-corrected chi connectivity index (χ2v) is 7.02. The molecular weight excluding hydrogens is 326 g/mol. The maximum Gasteiger partial charge on any atom is 0.222 e. The first kappa shape index (κ1) is 16.9. The number of rotatable bonds is 6. The summed E-state index contributed by atoms with van der Waals surface area (Å²) in [5.74, 6) is 0.108. The molecule has 0 atom stereocenters. The molecule has 5 heteroatoms. The van der Waals surface area contributed by atoms with Crippen LogP contribution in [0.1, 0.15) is 19.3 Å². The molecule has 0 bridgehead atoms. The molecule has 5 nitrogen and oxygen atoms in total. The number of fused-ring (bicyclic) bond motifs is 1. The van der Waals surface area contributed by atoms with E-state index in [1.54, 1.807) is 0 Å². The van der Waals surface area contributed by atoms with Crippen molar-refractivity contribution in [3.8, 4) is 0 Å². The molecule has 1 saturated heterocycles. The maximum atomic E-state index is 12.6. The number of ether oxygens (including phenoxy) is 1. The molecule has 1 fully saturated rings. The van der Waals surface area contributed by atoms with Crippen LogP contribution in [0.15, 0.2) is 61.1 Å². The van der Waals surface area contributed by atoms with Gasteiger partial charge in [0.1, 0.15) is 0 Å². The molecule has 3 aromatic rings. The molecule has 136 valence electrons. The number of carbonyl (C=O) groups is 1. The number of amides is 1. The van der Waals surface area contributed by atoms with Crippen LogP contribution in [-0.2, 0) is 21.6 Å². The second-order valence-electron chi connectivity index (χ2n) is 7.02. The molecule has 4 rings (SSSR count). The highest BCUT2D eigenvalue weighted by atomic mass is 16.5. The standard InChI is InChI=1S/C21H25N3O2/c25-20(17-21(8-15-26-16-9-21)24-11-3-4-12-24)22-10-14-23-13-7-18-5-1-2-6-19(18)23/h1-7,11-13H,8-10,14-17H2,(H,22,25). The Kier molecular flexibility index (Phi) is 4.80. The molecule has 3 heterocycles. The van der Waals surface area contributed by atoms with Gasteiger partial charge in [0.15, 0.2) is 0 Å². The van der Waals surface area contributed by atoms with Crippen molar-refractivity contribution in [2.45, 2.75) is 31.3 Å². The van der Waals surface area contributed by atoms with Gasteiger partial charge in [0, 0.05) is 50.4 Å². The summed E-state index contributed by atoms with van der Waals surface area (Å²) in [5.41, 5.74) is 1.04. The van der Waals surface area contributed by atoms with Gasteiger partial charge >= 0.3 is 0 Å². The van der Waals surface area contributed by atoms with Crippen molar-refractivity contribution in [2.24, 2.45) is 0 Å². The zero-order valence-electron chi connectivity index (χ0n) is 14.9. The van der Waals surface area contributed by atoms with Crippen molar-refractivity contribution in [1.29, 1.82) is 0 Å². The van der Waals surface area contributed by atoms with E-state index in [1.165, 1.54) is 10.9 Å². The van der Waals surface area contributed by atoms with Crippen molar-refractivity contribution < 1.29 is 9.53 Å². The summed E-state index contributed by atoms with van der Waals surface area (Å²) < 4.78 is 9.90. The third-order valence-corrected chi connectivity index (χ3v) is 5.42. The molecule has 2 aromatic heterocycles. The van der Waals surface area contributed by atoms with Gasteiger partial charge in [0.2, 0.25) is 5.91 Å². The van der Waals surface area contributed by atoms with E-state index in [2.05, 4.69) is 51.2 Å². The molecule has 26 heavy (non-hydrogen) atoms. The van der Waals surface area contributed by atoms with Crippen molar-refractivity contribution in [2.75, 3.05) is 19.8 Å². The fourth-order valence-corrected chi connectivity index (χ4v) is 3.94. The Hall–Kier alpha value is -2.53. The van der Waals surface area contributed by atoms with Gasteiger partial charge in [0.25, 0.3) is 0 Å². The number of nitrogens with one attached hydrogen (secondary N) is 1. The van der Waals surface area contributed by atoms with Gasteiger partial charge < -0.3 is 19.2 Å². The average Bonchev–Trinajstić information content (AvgIpc) is 3.33. The lowest BCUT2D eigenvalue weighted by Crippen LogP contribution is -2.43. The van der Waals surface area contributed by atoms with E-state index in [4.69, 9.17) is 4.74 Å².